The highest BCUT2D eigenvalue weighted by Crippen LogP contribution is 2.28. The summed E-state index contributed by atoms with van der Waals surface area (Å²) in [5, 5.41) is 0. The Bertz CT molecular complexity index is 423. The Morgan fingerprint density at radius 2 is 1.88 bits per heavy atom. The van der Waals surface area contributed by atoms with Gasteiger partial charge in [-0.2, -0.15) is 13.2 Å². The molecule has 1 fully saturated rings. The predicted molar refractivity (Wildman–Crippen MR) is 53.5 cm³/mol. The van der Waals surface area contributed by atoms with Gasteiger partial charge in [-0.05, 0) is 6.07 Å². The van der Waals surface area contributed by atoms with E-state index in [0.717, 1.165) is 12.3 Å². The molecule has 17 heavy (non-hydrogen) atoms. The molecule has 0 saturated carbocycles. The van der Waals surface area contributed by atoms with Gasteiger partial charge in [0.2, 0.25) is 5.95 Å². The number of rotatable bonds is 1. The van der Waals surface area contributed by atoms with Gasteiger partial charge in [-0.3, -0.25) is 4.79 Å². The Hall–Kier alpha value is -1.66. The molecule has 0 unspecified atom stereocenters. The second-order valence-corrected chi connectivity index (χ2v) is 3.77. The van der Waals surface area contributed by atoms with Crippen molar-refractivity contribution in [3.63, 3.8) is 0 Å². The first-order valence-electron chi connectivity index (χ1n) is 5.14. The SMILES string of the molecule is O=C1CCN(c2nccc(C(F)(F)F)n2)CC1. The molecular formula is C10H10F3N3O. The molecule has 2 heterocycles. The van der Waals surface area contributed by atoms with Gasteiger partial charge in [0.1, 0.15) is 11.5 Å². The summed E-state index contributed by atoms with van der Waals surface area (Å²) < 4.78 is 37.3. The van der Waals surface area contributed by atoms with Crippen LogP contribution in [0.5, 0.6) is 0 Å². The Morgan fingerprint density at radius 1 is 1.24 bits per heavy atom. The molecule has 1 aliphatic rings. The van der Waals surface area contributed by atoms with Crippen LogP contribution >= 0.6 is 0 Å². The summed E-state index contributed by atoms with van der Waals surface area (Å²) in [6, 6.07) is 0.832. The Balaban J connectivity index is 2.19. The molecular weight excluding hydrogens is 235 g/mol. The third-order valence-electron chi connectivity index (χ3n) is 2.54. The van der Waals surface area contributed by atoms with Crippen LogP contribution in [-0.2, 0) is 11.0 Å². The van der Waals surface area contributed by atoms with E-state index in [9.17, 15) is 18.0 Å². The lowest BCUT2D eigenvalue weighted by Gasteiger charge is -2.26. The van der Waals surface area contributed by atoms with Gasteiger partial charge in [0.05, 0.1) is 0 Å². The predicted octanol–water partition coefficient (Wildman–Crippen LogP) is 1.66. The van der Waals surface area contributed by atoms with Crippen molar-refractivity contribution in [3.05, 3.63) is 18.0 Å². The van der Waals surface area contributed by atoms with E-state index in [2.05, 4.69) is 9.97 Å². The van der Waals surface area contributed by atoms with Crippen LogP contribution in [0.2, 0.25) is 0 Å². The van der Waals surface area contributed by atoms with E-state index in [0.29, 0.717) is 25.9 Å². The summed E-state index contributed by atoms with van der Waals surface area (Å²) in [7, 11) is 0. The number of hydrogen-bond acceptors (Lipinski definition) is 4. The van der Waals surface area contributed by atoms with Gasteiger partial charge in [-0.1, -0.05) is 0 Å². The number of halogens is 3. The molecule has 0 bridgehead atoms. The molecule has 1 aromatic rings. The molecule has 7 heteroatoms. The number of anilines is 1. The zero-order valence-electron chi connectivity index (χ0n) is 8.87. The quantitative estimate of drug-likeness (QED) is 0.755. The monoisotopic (exact) mass is 245 g/mol. The van der Waals surface area contributed by atoms with E-state index in [1.807, 2.05) is 0 Å². The second kappa shape index (κ2) is 4.31. The minimum absolute atomic E-state index is 0.0346. The standard InChI is InChI=1S/C10H10F3N3O/c11-10(12,13)8-1-4-14-9(15-8)16-5-2-7(17)3-6-16/h1,4H,2-3,5-6H2. The topological polar surface area (TPSA) is 46.1 Å². The minimum Gasteiger partial charge on any atom is -0.340 e. The first-order chi connectivity index (χ1) is 7.97. The Morgan fingerprint density at radius 3 is 2.47 bits per heavy atom. The molecule has 0 aliphatic carbocycles. The van der Waals surface area contributed by atoms with Gasteiger partial charge in [0, 0.05) is 32.1 Å². The van der Waals surface area contributed by atoms with Gasteiger partial charge in [-0.25, -0.2) is 9.97 Å². The van der Waals surface area contributed by atoms with Gasteiger partial charge in [0.25, 0.3) is 0 Å². The van der Waals surface area contributed by atoms with E-state index in [-0.39, 0.29) is 11.7 Å². The van der Waals surface area contributed by atoms with E-state index in [4.69, 9.17) is 0 Å². The van der Waals surface area contributed by atoms with E-state index >= 15 is 0 Å². The van der Waals surface area contributed by atoms with Gasteiger partial charge >= 0.3 is 6.18 Å². The molecule has 0 aromatic carbocycles. The summed E-state index contributed by atoms with van der Waals surface area (Å²) in [6.07, 6.45) is -2.72. The van der Waals surface area contributed by atoms with Crippen LogP contribution in [-0.4, -0.2) is 28.8 Å². The maximum absolute atomic E-state index is 12.4. The van der Waals surface area contributed by atoms with Gasteiger partial charge in [0.15, 0.2) is 0 Å². The Kier molecular flexibility index (Phi) is 2.99. The fourth-order valence-corrected chi connectivity index (χ4v) is 1.61. The molecule has 0 atom stereocenters. The van der Waals surface area contributed by atoms with Crippen LogP contribution in [0.3, 0.4) is 0 Å². The second-order valence-electron chi connectivity index (χ2n) is 3.77. The summed E-state index contributed by atoms with van der Waals surface area (Å²) in [6.45, 7) is 0.750. The largest absolute Gasteiger partial charge is 0.433 e. The highest BCUT2D eigenvalue weighted by atomic mass is 19.4. The third-order valence-corrected chi connectivity index (χ3v) is 2.54. The Labute approximate surface area is 95.5 Å². The molecule has 0 spiro atoms. The van der Waals surface area contributed by atoms with Crippen molar-refractivity contribution in [2.75, 3.05) is 18.0 Å². The van der Waals surface area contributed by atoms with Gasteiger partial charge in [-0.15, -0.1) is 0 Å². The van der Waals surface area contributed by atoms with Crippen molar-refractivity contribution in [2.24, 2.45) is 0 Å². The third kappa shape index (κ3) is 2.72. The molecule has 92 valence electrons. The molecule has 2 rings (SSSR count). The number of piperidine rings is 1. The highest BCUT2D eigenvalue weighted by Gasteiger charge is 2.33. The van der Waals surface area contributed by atoms with Crippen molar-refractivity contribution in [1.29, 1.82) is 0 Å². The number of aromatic nitrogens is 2. The molecule has 0 radical (unpaired) electrons. The van der Waals surface area contributed by atoms with Crippen molar-refractivity contribution >= 4 is 11.7 Å². The van der Waals surface area contributed by atoms with Crippen LogP contribution in [0.4, 0.5) is 19.1 Å². The lowest BCUT2D eigenvalue weighted by atomic mass is 10.1. The number of ketones is 1. The molecule has 1 aliphatic heterocycles. The number of hydrogen-bond donors (Lipinski definition) is 0. The van der Waals surface area contributed by atoms with Crippen molar-refractivity contribution in [3.8, 4) is 0 Å². The lowest BCUT2D eigenvalue weighted by molar-refractivity contribution is -0.141. The minimum atomic E-state index is -4.47. The summed E-state index contributed by atoms with van der Waals surface area (Å²) >= 11 is 0. The summed E-state index contributed by atoms with van der Waals surface area (Å²) in [5.74, 6) is 0.153. The van der Waals surface area contributed by atoms with E-state index in [1.165, 1.54) is 0 Å². The average molecular weight is 245 g/mol. The normalized spacial score (nSPS) is 17.4. The lowest BCUT2D eigenvalue weighted by Crippen LogP contribution is -2.35. The zero-order chi connectivity index (χ0) is 12.5. The highest BCUT2D eigenvalue weighted by molar-refractivity contribution is 5.80. The maximum Gasteiger partial charge on any atom is 0.433 e. The molecule has 1 aromatic heterocycles. The number of carbonyl (C=O) groups is 1. The molecule has 1 saturated heterocycles. The zero-order valence-corrected chi connectivity index (χ0v) is 8.87. The molecule has 0 N–H and O–H groups in total. The summed E-state index contributed by atoms with van der Waals surface area (Å²) in [5.41, 5.74) is -0.959. The first-order valence-corrected chi connectivity index (χ1v) is 5.14. The van der Waals surface area contributed by atoms with Crippen molar-refractivity contribution in [1.82, 2.24) is 9.97 Å². The van der Waals surface area contributed by atoms with Crippen LogP contribution in [0.1, 0.15) is 18.5 Å². The smallest absolute Gasteiger partial charge is 0.340 e. The number of carbonyl (C=O) groups excluding carboxylic acids is 1. The molecule has 4 nitrogen and oxygen atoms in total. The number of nitrogens with zero attached hydrogens (tertiary/aromatic N) is 3. The van der Waals surface area contributed by atoms with Crippen molar-refractivity contribution < 1.29 is 18.0 Å². The van der Waals surface area contributed by atoms with E-state index in [1.54, 1.807) is 4.90 Å². The van der Waals surface area contributed by atoms with Crippen LogP contribution < -0.4 is 4.90 Å². The molecule has 0 amide bonds. The fraction of sp³-hybridized carbons (Fsp3) is 0.500. The first kappa shape index (κ1) is 11.8. The van der Waals surface area contributed by atoms with Crippen LogP contribution in [0.15, 0.2) is 12.3 Å². The van der Waals surface area contributed by atoms with Crippen molar-refractivity contribution in [2.45, 2.75) is 19.0 Å². The van der Waals surface area contributed by atoms with Crippen LogP contribution in [0.25, 0.3) is 0 Å². The van der Waals surface area contributed by atoms with E-state index < -0.39 is 11.9 Å². The van der Waals surface area contributed by atoms with Crippen LogP contribution in [0, 0.1) is 0 Å². The average Bonchev–Trinajstić information content (AvgIpc) is 2.29. The summed E-state index contributed by atoms with van der Waals surface area (Å²) in [4.78, 5) is 19.9. The van der Waals surface area contributed by atoms with Gasteiger partial charge < -0.3 is 4.90 Å². The maximum atomic E-state index is 12.4. The number of Topliss-reactive ketones (excluding diaryl/α,β-unsaturated/α-hetero) is 1. The number of alkyl halides is 3. The fourth-order valence-electron chi connectivity index (χ4n) is 1.61.